The normalized spacial score (nSPS) is 14.6. The van der Waals surface area contributed by atoms with Crippen LogP contribution in [0.25, 0.3) is 16.8 Å². The average Bonchev–Trinajstić information content (AvgIpc) is 3.15. The van der Waals surface area contributed by atoms with Gasteiger partial charge in [0.05, 0.1) is 21.9 Å². The van der Waals surface area contributed by atoms with Gasteiger partial charge in [0.2, 0.25) is 0 Å². The Morgan fingerprint density at radius 3 is 2.39 bits per heavy atom. The number of amides is 2. The minimum absolute atomic E-state index is 0.00790. The predicted molar refractivity (Wildman–Crippen MR) is 139 cm³/mol. The summed E-state index contributed by atoms with van der Waals surface area (Å²) in [4.78, 5) is 37.8. The summed E-state index contributed by atoms with van der Waals surface area (Å²) in [6.45, 7) is 0.273. The van der Waals surface area contributed by atoms with Crippen LogP contribution in [0.5, 0.6) is 5.75 Å². The largest absolute Gasteiger partial charge is 0.489 e. The van der Waals surface area contributed by atoms with Crippen molar-refractivity contribution in [2.45, 2.75) is 13.2 Å². The maximum Gasteiger partial charge on any atom is 0.293 e. The van der Waals surface area contributed by atoms with Crippen LogP contribution in [0.4, 0.5) is 10.5 Å². The number of carbonyl (C=O) groups excluding carboxylic acids is 2. The number of nitrogens with zero attached hydrogens (tertiary/aromatic N) is 2. The number of fused-ring (bicyclic) bond motifs is 1. The fraction of sp³-hybridized carbons (Fsp3) is 0.0714. The number of carbonyl (C=O) groups is 2. The van der Waals surface area contributed by atoms with Crippen molar-refractivity contribution in [3.63, 3.8) is 0 Å². The first kappa shape index (κ1) is 23.3. The molecule has 0 saturated carbocycles. The van der Waals surface area contributed by atoms with Crippen LogP contribution in [0.3, 0.4) is 0 Å². The lowest BCUT2D eigenvalue weighted by Gasteiger charge is -2.13. The van der Waals surface area contributed by atoms with Gasteiger partial charge in [0.25, 0.3) is 16.8 Å². The molecule has 4 aromatic carbocycles. The number of thioether (sulfide) groups is 1. The van der Waals surface area contributed by atoms with Crippen molar-refractivity contribution >= 4 is 45.4 Å². The molecule has 0 atom stereocenters. The number of imide groups is 1. The zero-order chi connectivity index (χ0) is 25.1. The Balaban J connectivity index is 1.25. The third kappa shape index (κ3) is 4.99. The SMILES string of the molecule is O=C1S/C(=C\c2ccc(OCc3ccccc3[N+](=O)[O-])cc2)C(=O)N1Cc1ccc2ccccc2c1. The lowest BCUT2D eigenvalue weighted by atomic mass is 10.1. The first-order chi connectivity index (χ1) is 17.5. The Morgan fingerprint density at radius 1 is 0.889 bits per heavy atom. The molecule has 1 aliphatic heterocycles. The molecule has 1 fully saturated rings. The summed E-state index contributed by atoms with van der Waals surface area (Å²) in [6.07, 6.45) is 1.68. The Labute approximate surface area is 211 Å². The van der Waals surface area contributed by atoms with E-state index in [0.29, 0.717) is 16.2 Å². The number of rotatable bonds is 7. The van der Waals surface area contributed by atoms with Gasteiger partial charge < -0.3 is 4.74 Å². The van der Waals surface area contributed by atoms with Crippen molar-refractivity contribution in [2.24, 2.45) is 0 Å². The number of hydrogen-bond donors (Lipinski definition) is 0. The third-order valence-electron chi connectivity index (χ3n) is 5.79. The lowest BCUT2D eigenvalue weighted by molar-refractivity contribution is -0.385. The molecule has 0 unspecified atom stereocenters. The zero-order valence-electron chi connectivity index (χ0n) is 19.0. The topological polar surface area (TPSA) is 89.7 Å². The van der Waals surface area contributed by atoms with E-state index in [1.807, 2.05) is 42.5 Å². The number of nitro benzene ring substituents is 1. The fourth-order valence-electron chi connectivity index (χ4n) is 3.94. The van der Waals surface area contributed by atoms with Gasteiger partial charge in [0, 0.05) is 6.07 Å². The smallest absolute Gasteiger partial charge is 0.293 e. The minimum Gasteiger partial charge on any atom is -0.489 e. The van der Waals surface area contributed by atoms with E-state index in [2.05, 4.69) is 0 Å². The Bertz CT molecular complexity index is 1510. The highest BCUT2D eigenvalue weighted by Gasteiger charge is 2.35. The van der Waals surface area contributed by atoms with E-state index < -0.39 is 4.92 Å². The fourth-order valence-corrected chi connectivity index (χ4v) is 4.78. The maximum absolute atomic E-state index is 12.9. The van der Waals surface area contributed by atoms with Crippen molar-refractivity contribution in [1.82, 2.24) is 4.90 Å². The van der Waals surface area contributed by atoms with Gasteiger partial charge in [0.1, 0.15) is 12.4 Å². The van der Waals surface area contributed by atoms with Crippen LogP contribution in [0, 0.1) is 10.1 Å². The molecule has 1 aliphatic rings. The van der Waals surface area contributed by atoms with Crippen molar-refractivity contribution in [3.8, 4) is 5.75 Å². The molecule has 1 heterocycles. The summed E-state index contributed by atoms with van der Waals surface area (Å²) >= 11 is 0.919. The van der Waals surface area contributed by atoms with Crippen LogP contribution in [-0.2, 0) is 17.9 Å². The predicted octanol–water partition coefficient (Wildman–Crippen LogP) is 6.56. The maximum atomic E-state index is 12.9. The molecule has 178 valence electrons. The van der Waals surface area contributed by atoms with Crippen molar-refractivity contribution < 1.29 is 19.2 Å². The molecule has 2 amide bonds. The summed E-state index contributed by atoms with van der Waals surface area (Å²) in [5, 5.41) is 13.0. The van der Waals surface area contributed by atoms with Gasteiger partial charge in [-0.15, -0.1) is 0 Å². The quantitative estimate of drug-likeness (QED) is 0.163. The van der Waals surface area contributed by atoms with Gasteiger partial charge in [-0.1, -0.05) is 60.7 Å². The van der Waals surface area contributed by atoms with Crippen molar-refractivity contribution in [1.29, 1.82) is 0 Å². The summed E-state index contributed by atoms with van der Waals surface area (Å²) < 4.78 is 5.70. The molecule has 8 heteroatoms. The monoisotopic (exact) mass is 496 g/mol. The standard InChI is InChI=1S/C28H20N2O5S/c31-27-26(36-28(32)29(27)17-20-9-12-21-5-1-2-6-22(21)15-20)16-19-10-13-24(14-11-19)35-18-23-7-3-4-8-25(23)30(33)34/h1-16H,17-18H2/b26-16-. The Hall–Kier alpha value is -4.43. The van der Waals surface area contributed by atoms with Crippen LogP contribution < -0.4 is 4.74 Å². The van der Waals surface area contributed by atoms with E-state index in [1.54, 1.807) is 48.5 Å². The van der Waals surface area contributed by atoms with Crippen molar-refractivity contribution in [3.05, 3.63) is 123 Å². The van der Waals surface area contributed by atoms with Gasteiger partial charge >= 0.3 is 0 Å². The minimum atomic E-state index is -0.436. The summed E-state index contributed by atoms with van der Waals surface area (Å²) in [5.41, 5.74) is 2.11. The van der Waals surface area contributed by atoms with E-state index in [4.69, 9.17) is 4.74 Å². The highest BCUT2D eigenvalue weighted by atomic mass is 32.2. The molecular formula is C28H20N2O5S. The first-order valence-corrected chi connectivity index (χ1v) is 12.0. The molecular weight excluding hydrogens is 476 g/mol. The molecule has 1 saturated heterocycles. The second kappa shape index (κ2) is 10.1. The van der Waals surface area contributed by atoms with E-state index in [0.717, 1.165) is 33.7 Å². The van der Waals surface area contributed by atoms with E-state index >= 15 is 0 Å². The molecule has 7 nitrogen and oxygen atoms in total. The van der Waals surface area contributed by atoms with Gasteiger partial charge in [0.15, 0.2) is 0 Å². The molecule has 4 aromatic rings. The second-order valence-corrected chi connectivity index (χ2v) is 9.19. The van der Waals surface area contributed by atoms with E-state index in [9.17, 15) is 19.7 Å². The number of ether oxygens (including phenoxy) is 1. The van der Waals surface area contributed by atoms with E-state index in [1.165, 1.54) is 11.0 Å². The summed E-state index contributed by atoms with van der Waals surface area (Å²) in [6, 6.07) is 27.3. The van der Waals surface area contributed by atoms with Crippen LogP contribution in [0.2, 0.25) is 0 Å². The summed E-state index contributed by atoms with van der Waals surface area (Å²) in [5.74, 6) is 0.213. The molecule has 0 bridgehead atoms. The number of hydrogen-bond acceptors (Lipinski definition) is 6. The number of benzene rings is 4. The molecule has 0 radical (unpaired) electrons. The third-order valence-corrected chi connectivity index (χ3v) is 6.70. The van der Waals surface area contributed by atoms with Crippen LogP contribution in [-0.4, -0.2) is 21.0 Å². The highest BCUT2D eigenvalue weighted by Crippen LogP contribution is 2.34. The molecule has 0 aromatic heterocycles. The lowest BCUT2D eigenvalue weighted by Crippen LogP contribution is -2.27. The van der Waals surface area contributed by atoms with Gasteiger partial charge in [-0.05, 0) is 64.0 Å². The van der Waals surface area contributed by atoms with Crippen molar-refractivity contribution in [2.75, 3.05) is 0 Å². The van der Waals surface area contributed by atoms with Gasteiger partial charge in [-0.3, -0.25) is 24.6 Å². The zero-order valence-corrected chi connectivity index (χ0v) is 19.8. The van der Waals surface area contributed by atoms with Crippen LogP contribution in [0.15, 0.2) is 95.9 Å². The second-order valence-electron chi connectivity index (χ2n) is 8.19. The Morgan fingerprint density at radius 2 is 1.61 bits per heavy atom. The molecule has 0 N–H and O–H groups in total. The van der Waals surface area contributed by atoms with Gasteiger partial charge in [-0.25, -0.2) is 0 Å². The number of nitro groups is 1. The Kier molecular flexibility index (Phi) is 6.51. The molecule has 0 spiro atoms. The van der Waals surface area contributed by atoms with Crippen LogP contribution >= 0.6 is 11.8 Å². The summed E-state index contributed by atoms with van der Waals surface area (Å²) in [7, 11) is 0. The van der Waals surface area contributed by atoms with E-state index in [-0.39, 0.29) is 30.0 Å². The number of para-hydroxylation sites is 1. The average molecular weight is 497 g/mol. The van der Waals surface area contributed by atoms with Crippen LogP contribution in [0.1, 0.15) is 16.7 Å². The molecule has 36 heavy (non-hydrogen) atoms. The molecule has 5 rings (SSSR count). The highest BCUT2D eigenvalue weighted by molar-refractivity contribution is 8.18. The first-order valence-electron chi connectivity index (χ1n) is 11.2. The van der Waals surface area contributed by atoms with Gasteiger partial charge in [-0.2, -0.15) is 0 Å². The molecule has 0 aliphatic carbocycles.